The fourth-order valence-electron chi connectivity index (χ4n) is 2.38. The number of rotatable bonds is 3. The van der Waals surface area contributed by atoms with Gasteiger partial charge in [-0.15, -0.1) is 11.3 Å². The van der Waals surface area contributed by atoms with Crippen LogP contribution >= 0.6 is 27.3 Å². The zero-order valence-electron chi connectivity index (χ0n) is 10.9. The summed E-state index contributed by atoms with van der Waals surface area (Å²) in [7, 11) is 0. The van der Waals surface area contributed by atoms with Gasteiger partial charge in [0.05, 0.1) is 10.3 Å². The number of nitrogens with zero attached hydrogens (tertiary/aromatic N) is 2. The Hall–Kier alpha value is -1.28. The topological polar surface area (TPSA) is 43.8 Å². The summed E-state index contributed by atoms with van der Waals surface area (Å²) in [6.07, 6.45) is -0.576. The number of thiophene rings is 1. The van der Waals surface area contributed by atoms with Crippen molar-refractivity contribution in [2.45, 2.75) is 12.7 Å². The molecule has 1 aromatic heterocycles. The quantitative estimate of drug-likeness (QED) is 0.842. The first-order chi connectivity index (χ1) is 10.1. The molecule has 0 radical (unpaired) electrons. The van der Waals surface area contributed by atoms with Crippen molar-refractivity contribution in [2.75, 3.05) is 6.54 Å². The zero-order valence-corrected chi connectivity index (χ0v) is 13.3. The van der Waals surface area contributed by atoms with Gasteiger partial charge in [-0.3, -0.25) is 14.9 Å². The molecule has 1 unspecified atom stereocenters. The zero-order chi connectivity index (χ0) is 15.0. The van der Waals surface area contributed by atoms with Crippen LogP contribution in [0.4, 0.5) is 4.39 Å². The van der Waals surface area contributed by atoms with Gasteiger partial charge in [-0.1, -0.05) is 18.2 Å². The SMILES string of the molecule is O=C1CN(Cc2ccccc2F)C(c2ccc(Br)s2)N1O. The molecule has 2 aromatic rings. The lowest BCUT2D eigenvalue weighted by molar-refractivity contribution is -0.170. The lowest BCUT2D eigenvalue weighted by Gasteiger charge is -2.25. The molecule has 1 aliphatic heterocycles. The maximum Gasteiger partial charge on any atom is 0.262 e. The predicted octanol–water partition coefficient (Wildman–Crippen LogP) is 3.38. The van der Waals surface area contributed by atoms with E-state index in [1.54, 1.807) is 23.1 Å². The molecule has 1 aromatic carbocycles. The van der Waals surface area contributed by atoms with Crippen molar-refractivity contribution < 1.29 is 14.4 Å². The van der Waals surface area contributed by atoms with E-state index < -0.39 is 6.17 Å². The summed E-state index contributed by atoms with van der Waals surface area (Å²) in [6.45, 7) is 0.320. The molecule has 1 N–H and O–H groups in total. The number of carbonyl (C=O) groups excluding carboxylic acids is 1. The van der Waals surface area contributed by atoms with E-state index in [2.05, 4.69) is 15.9 Å². The molecule has 0 saturated carbocycles. The number of benzene rings is 1. The third-order valence-electron chi connectivity index (χ3n) is 3.35. The summed E-state index contributed by atoms with van der Waals surface area (Å²) >= 11 is 4.80. The molecule has 4 nitrogen and oxygen atoms in total. The summed E-state index contributed by atoms with van der Waals surface area (Å²) in [5.74, 6) is -0.701. The molecule has 0 aliphatic carbocycles. The van der Waals surface area contributed by atoms with Crippen LogP contribution in [0.15, 0.2) is 40.2 Å². The van der Waals surface area contributed by atoms with Gasteiger partial charge in [0.15, 0.2) is 0 Å². The van der Waals surface area contributed by atoms with Crippen LogP contribution in [0.25, 0.3) is 0 Å². The van der Waals surface area contributed by atoms with Crippen molar-refractivity contribution in [1.29, 1.82) is 0 Å². The summed E-state index contributed by atoms with van der Waals surface area (Å²) < 4.78 is 14.7. The van der Waals surface area contributed by atoms with Crippen LogP contribution < -0.4 is 0 Å². The van der Waals surface area contributed by atoms with E-state index in [0.717, 1.165) is 13.7 Å². The van der Waals surface area contributed by atoms with Crippen molar-refractivity contribution in [3.05, 3.63) is 56.4 Å². The van der Waals surface area contributed by atoms with Crippen molar-refractivity contribution in [3.63, 3.8) is 0 Å². The minimum absolute atomic E-state index is 0.0605. The van der Waals surface area contributed by atoms with Crippen LogP contribution in [-0.4, -0.2) is 27.6 Å². The van der Waals surface area contributed by atoms with Gasteiger partial charge in [0.25, 0.3) is 5.91 Å². The first-order valence-corrected chi connectivity index (χ1v) is 7.91. The Morgan fingerprint density at radius 3 is 2.76 bits per heavy atom. The molecule has 0 spiro atoms. The summed E-state index contributed by atoms with van der Waals surface area (Å²) in [5, 5.41) is 10.7. The fourth-order valence-corrected chi connectivity index (χ4v) is 3.92. The third kappa shape index (κ3) is 2.87. The van der Waals surface area contributed by atoms with E-state index in [4.69, 9.17) is 0 Å². The molecule has 0 bridgehead atoms. The van der Waals surface area contributed by atoms with Gasteiger partial charge in [0.2, 0.25) is 0 Å². The smallest absolute Gasteiger partial charge is 0.262 e. The first-order valence-electron chi connectivity index (χ1n) is 6.30. The third-order valence-corrected chi connectivity index (χ3v) is 5.01. The molecule has 2 heterocycles. The van der Waals surface area contributed by atoms with Crippen LogP contribution in [-0.2, 0) is 11.3 Å². The molecule has 1 atom stereocenters. The molecule has 21 heavy (non-hydrogen) atoms. The Morgan fingerprint density at radius 1 is 1.33 bits per heavy atom. The van der Waals surface area contributed by atoms with Gasteiger partial charge in [0.1, 0.15) is 12.0 Å². The van der Waals surface area contributed by atoms with E-state index in [-0.39, 0.29) is 24.8 Å². The second-order valence-corrected chi connectivity index (χ2v) is 7.24. The second kappa shape index (κ2) is 5.84. The van der Waals surface area contributed by atoms with Gasteiger partial charge in [-0.2, -0.15) is 5.06 Å². The number of amides is 1. The maximum absolute atomic E-state index is 13.8. The first kappa shape index (κ1) is 14.6. The van der Waals surface area contributed by atoms with E-state index in [1.807, 2.05) is 12.1 Å². The second-order valence-electron chi connectivity index (χ2n) is 4.75. The van der Waals surface area contributed by atoms with E-state index in [9.17, 15) is 14.4 Å². The Labute approximate surface area is 133 Å². The van der Waals surface area contributed by atoms with E-state index >= 15 is 0 Å². The van der Waals surface area contributed by atoms with Gasteiger partial charge in [-0.25, -0.2) is 4.39 Å². The Bertz CT molecular complexity index is 678. The van der Waals surface area contributed by atoms with Gasteiger partial charge < -0.3 is 0 Å². The highest BCUT2D eigenvalue weighted by Gasteiger charge is 2.39. The highest BCUT2D eigenvalue weighted by molar-refractivity contribution is 9.11. The molecule has 1 saturated heterocycles. The van der Waals surface area contributed by atoms with Crippen molar-refractivity contribution in [3.8, 4) is 0 Å². The minimum atomic E-state index is -0.576. The summed E-state index contributed by atoms with van der Waals surface area (Å²) in [5.41, 5.74) is 0.501. The van der Waals surface area contributed by atoms with E-state index in [0.29, 0.717) is 5.56 Å². The van der Waals surface area contributed by atoms with Crippen molar-refractivity contribution in [2.24, 2.45) is 0 Å². The Morgan fingerprint density at radius 2 is 2.10 bits per heavy atom. The van der Waals surface area contributed by atoms with Gasteiger partial charge in [0, 0.05) is 17.0 Å². The predicted molar refractivity (Wildman–Crippen MR) is 80.2 cm³/mol. The van der Waals surface area contributed by atoms with Crippen LogP contribution in [0.3, 0.4) is 0 Å². The monoisotopic (exact) mass is 370 g/mol. The Kier molecular flexibility index (Phi) is 4.08. The van der Waals surface area contributed by atoms with E-state index in [1.165, 1.54) is 17.4 Å². The lowest BCUT2D eigenvalue weighted by atomic mass is 10.2. The minimum Gasteiger partial charge on any atom is -0.284 e. The number of hydrogen-bond donors (Lipinski definition) is 1. The average Bonchev–Trinajstić information content (AvgIpc) is 2.98. The Balaban J connectivity index is 1.89. The molecule has 1 fully saturated rings. The fraction of sp³-hybridized carbons (Fsp3) is 0.214. The molecule has 1 aliphatic rings. The normalized spacial score (nSPS) is 19.5. The van der Waals surface area contributed by atoms with Gasteiger partial charge in [-0.05, 0) is 34.1 Å². The molecular formula is C14H12BrFN2O2S. The van der Waals surface area contributed by atoms with Crippen LogP contribution in [0.1, 0.15) is 16.6 Å². The van der Waals surface area contributed by atoms with Crippen LogP contribution in [0.2, 0.25) is 0 Å². The van der Waals surface area contributed by atoms with Crippen molar-refractivity contribution >= 4 is 33.2 Å². The standard InChI is InChI=1S/C14H12BrFN2O2S/c15-12-6-5-11(21-12)14-17(8-13(19)18(14)20)7-9-3-1-2-4-10(9)16/h1-6,14,20H,7-8H2. The van der Waals surface area contributed by atoms with Gasteiger partial charge >= 0.3 is 0 Å². The molecule has 1 amide bonds. The lowest BCUT2D eigenvalue weighted by Crippen LogP contribution is -2.29. The van der Waals surface area contributed by atoms with Crippen molar-refractivity contribution in [1.82, 2.24) is 9.96 Å². The molecule has 110 valence electrons. The summed E-state index contributed by atoms with van der Waals surface area (Å²) in [4.78, 5) is 14.4. The number of hydrogen-bond acceptors (Lipinski definition) is 4. The largest absolute Gasteiger partial charge is 0.284 e. The molecule has 3 rings (SSSR count). The maximum atomic E-state index is 13.8. The van der Waals surface area contributed by atoms with Crippen LogP contribution in [0.5, 0.6) is 0 Å². The summed E-state index contributed by atoms with van der Waals surface area (Å²) in [6, 6.07) is 10.2. The number of carbonyl (C=O) groups is 1. The highest BCUT2D eigenvalue weighted by Crippen LogP contribution is 2.36. The number of halogens is 2. The van der Waals surface area contributed by atoms with Crippen LogP contribution in [0, 0.1) is 5.82 Å². The molecule has 7 heteroatoms. The number of hydroxylamine groups is 2. The highest BCUT2D eigenvalue weighted by atomic mass is 79.9. The average molecular weight is 371 g/mol. The molecular weight excluding hydrogens is 359 g/mol.